The first-order valence-corrected chi connectivity index (χ1v) is 11.8. The molecule has 0 amide bonds. The standard InChI is InChI=1S/C26H22BrF3N4/c1-17-5-10-23-22(15-17)25(32-24(31-23)18-6-8-20(27)9-7-18)34-13-11-33(12-14-34)21-4-2-3-19(16-21)26(28,29)30/h2-10,15-16H,11-14H2,1H3. The zero-order chi connectivity index (χ0) is 23.9. The minimum atomic E-state index is -4.35. The molecule has 0 unspecified atom stereocenters. The van der Waals surface area contributed by atoms with Crippen LogP contribution in [0.3, 0.4) is 0 Å². The molecule has 1 saturated heterocycles. The van der Waals surface area contributed by atoms with Crippen molar-refractivity contribution in [2.45, 2.75) is 13.1 Å². The van der Waals surface area contributed by atoms with Crippen LogP contribution in [0.5, 0.6) is 0 Å². The molecule has 0 bridgehead atoms. The van der Waals surface area contributed by atoms with Gasteiger partial charge in [-0.15, -0.1) is 0 Å². The molecule has 2 heterocycles. The fourth-order valence-corrected chi connectivity index (χ4v) is 4.51. The van der Waals surface area contributed by atoms with Gasteiger partial charge in [-0.3, -0.25) is 0 Å². The van der Waals surface area contributed by atoms with Crippen LogP contribution in [0.25, 0.3) is 22.3 Å². The predicted octanol–water partition coefficient (Wildman–Crippen LogP) is 6.71. The van der Waals surface area contributed by atoms with Crippen molar-refractivity contribution in [1.82, 2.24) is 9.97 Å². The van der Waals surface area contributed by atoms with E-state index >= 15 is 0 Å². The summed E-state index contributed by atoms with van der Waals surface area (Å²) >= 11 is 3.47. The maximum Gasteiger partial charge on any atom is 0.416 e. The van der Waals surface area contributed by atoms with Crippen LogP contribution in [-0.2, 0) is 6.18 Å². The van der Waals surface area contributed by atoms with E-state index in [1.165, 1.54) is 12.1 Å². The van der Waals surface area contributed by atoms with E-state index < -0.39 is 11.7 Å². The summed E-state index contributed by atoms with van der Waals surface area (Å²) < 4.78 is 40.5. The van der Waals surface area contributed by atoms with E-state index in [4.69, 9.17) is 9.97 Å². The van der Waals surface area contributed by atoms with Crippen LogP contribution >= 0.6 is 15.9 Å². The fraction of sp³-hybridized carbons (Fsp3) is 0.231. The first-order chi connectivity index (χ1) is 16.3. The molecule has 0 radical (unpaired) electrons. The van der Waals surface area contributed by atoms with E-state index in [0.29, 0.717) is 37.7 Å². The lowest BCUT2D eigenvalue weighted by Crippen LogP contribution is -2.47. The highest BCUT2D eigenvalue weighted by Crippen LogP contribution is 2.33. The molecule has 1 aromatic heterocycles. The van der Waals surface area contributed by atoms with E-state index in [1.54, 1.807) is 6.07 Å². The van der Waals surface area contributed by atoms with Crippen molar-refractivity contribution < 1.29 is 13.2 Å². The molecule has 0 atom stereocenters. The van der Waals surface area contributed by atoms with Crippen LogP contribution in [0.1, 0.15) is 11.1 Å². The van der Waals surface area contributed by atoms with Gasteiger partial charge >= 0.3 is 6.18 Å². The molecular weight excluding hydrogens is 505 g/mol. The number of piperazine rings is 1. The van der Waals surface area contributed by atoms with E-state index in [2.05, 4.69) is 26.9 Å². The lowest BCUT2D eigenvalue weighted by molar-refractivity contribution is -0.137. The number of hydrogen-bond donors (Lipinski definition) is 0. The highest BCUT2D eigenvalue weighted by atomic mass is 79.9. The van der Waals surface area contributed by atoms with Crippen molar-refractivity contribution in [2.75, 3.05) is 36.0 Å². The molecule has 8 heteroatoms. The number of aryl methyl sites for hydroxylation is 1. The quantitative estimate of drug-likeness (QED) is 0.297. The highest BCUT2D eigenvalue weighted by molar-refractivity contribution is 9.10. The number of rotatable bonds is 3. The second-order valence-electron chi connectivity index (χ2n) is 8.42. The molecule has 4 nitrogen and oxygen atoms in total. The average Bonchev–Trinajstić information content (AvgIpc) is 2.83. The molecule has 3 aromatic carbocycles. The monoisotopic (exact) mass is 526 g/mol. The molecule has 1 aliphatic heterocycles. The van der Waals surface area contributed by atoms with E-state index in [9.17, 15) is 13.2 Å². The van der Waals surface area contributed by atoms with Crippen molar-refractivity contribution in [3.05, 3.63) is 82.3 Å². The number of halogens is 4. The molecule has 1 aliphatic rings. The summed E-state index contributed by atoms with van der Waals surface area (Å²) in [6.45, 7) is 4.54. The van der Waals surface area contributed by atoms with Gasteiger partial charge in [0.1, 0.15) is 5.82 Å². The van der Waals surface area contributed by atoms with Gasteiger partial charge in [-0.2, -0.15) is 13.2 Å². The Morgan fingerprint density at radius 2 is 1.53 bits per heavy atom. The summed E-state index contributed by atoms with van der Waals surface area (Å²) in [6, 6.07) is 19.6. The number of hydrogen-bond acceptors (Lipinski definition) is 4. The number of alkyl halides is 3. The maximum absolute atomic E-state index is 13.2. The first-order valence-electron chi connectivity index (χ1n) is 11.0. The minimum absolute atomic E-state index is 0.591. The van der Waals surface area contributed by atoms with Gasteiger partial charge < -0.3 is 9.80 Å². The van der Waals surface area contributed by atoms with Gasteiger partial charge in [0.2, 0.25) is 0 Å². The Balaban J connectivity index is 1.45. The molecule has 34 heavy (non-hydrogen) atoms. The summed E-state index contributed by atoms with van der Waals surface area (Å²) in [5.41, 5.74) is 2.89. The number of benzene rings is 3. The van der Waals surface area contributed by atoms with Gasteiger partial charge in [0.15, 0.2) is 5.82 Å². The fourth-order valence-electron chi connectivity index (χ4n) is 4.25. The van der Waals surface area contributed by atoms with Crippen molar-refractivity contribution in [2.24, 2.45) is 0 Å². The molecule has 4 aromatic rings. The van der Waals surface area contributed by atoms with Crippen molar-refractivity contribution in [1.29, 1.82) is 0 Å². The van der Waals surface area contributed by atoms with Crippen molar-refractivity contribution in [3.8, 4) is 11.4 Å². The molecule has 0 aliphatic carbocycles. The van der Waals surface area contributed by atoms with Gasteiger partial charge in [0, 0.05) is 47.3 Å². The number of nitrogens with zero attached hydrogens (tertiary/aromatic N) is 4. The van der Waals surface area contributed by atoms with Gasteiger partial charge in [0.05, 0.1) is 11.1 Å². The second-order valence-corrected chi connectivity index (χ2v) is 9.34. The smallest absolute Gasteiger partial charge is 0.368 e. The van der Waals surface area contributed by atoms with Crippen LogP contribution < -0.4 is 9.80 Å². The van der Waals surface area contributed by atoms with Crippen LogP contribution in [0.15, 0.2) is 71.2 Å². The van der Waals surface area contributed by atoms with Crippen LogP contribution in [-0.4, -0.2) is 36.1 Å². The summed E-state index contributed by atoms with van der Waals surface area (Å²) in [7, 11) is 0. The maximum atomic E-state index is 13.2. The molecule has 0 saturated carbocycles. The molecular formula is C26H22BrF3N4. The molecule has 174 valence electrons. The average molecular weight is 527 g/mol. The zero-order valence-corrected chi connectivity index (χ0v) is 20.1. The molecule has 1 fully saturated rings. The lowest BCUT2D eigenvalue weighted by atomic mass is 10.1. The Bertz CT molecular complexity index is 1330. The molecule has 0 N–H and O–H groups in total. The Morgan fingerprint density at radius 3 is 2.24 bits per heavy atom. The molecule has 5 rings (SSSR count). The van der Waals surface area contributed by atoms with Gasteiger partial charge in [-0.1, -0.05) is 45.8 Å². The Labute approximate surface area is 204 Å². The SMILES string of the molecule is Cc1ccc2nc(-c3ccc(Br)cc3)nc(N3CCN(c4cccc(C(F)(F)F)c4)CC3)c2c1. The largest absolute Gasteiger partial charge is 0.416 e. The summed E-state index contributed by atoms with van der Waals surface area (Å²) in [5.74, 6) is 1.51. The van der Waals surface area contributed by atoms with Gasteiger partial charge in [-0.25, -0.2) is 9.97 Å². The van der Waals surface area contributed by atoms with Crippen LogP contribution in [0.4, 0.5) is 24.7 Å². The van der Waals surface area contributed by atoms with E-state index in [0.717, 1.165) is 38.4 Å². The molecule has 0 spiro atoms. The van der Waals surface area contributed by atoms with E-state index in [-0.39, 0.29) is 0 Å². The lowest BCUT2D eigenvalue weighted by Gasteiger charge is -2.37. The Morgan fingerprint density at radius 1 is 0.824 bits per heavy atom. The van der Waals surface area contributed by atoms with Gasteiger partial charge in [0.25, 0.3) is 0 Å². The predicted molar refractivity (Wildman–Crippen MR) is 133 cm³/mol. The van der Waals surface area contributed by atoms with Crippen LogP contribution in [0.2, 0.25) is 0 Å². The number of fused-ring (bicyclic) bond motifs is 1. The summed E-state index contributed by atoms with van der Waals surface area (Å²) in [5, 5.41) is 0.980. The number of anilines is 2. The third-order valence-corrected chi connectivity index (χ3v) is 6.58. The third-order valence-electron chi connectivity index (χ3n) is 6.05. The van der Waals surface area contributed by atoms with Crippen molar-refractivity contribution in [3.63, 3.8) is 0 Å². The Kier molecular flexibility index (Phi) is 5.93. The second kappa shape index (κ2) is 8.91. The zero-order valence-electron chi connectivity index (χ0n) is 18.5. The van der Waals surface area contributed by atoms with Crippen molar-refractivity contribution >= 4 is 38.3 Å². The highest BCUT2D eigenvalue weighted by Gasteiger charge is 2.31. The van der Waals surface area contributed by atoms with Crippen LogP contribution in [0, 0.1) is 6.92 Å². The third kappa shape index (κ3) is 4.59. The van der Waals surface area contributed by atoms with E-state index in [1.807, 2.05) is 48.2 Å². The number of aromatic nitrogens is 2. The first kappa shape index (κ1) is 22.7. The summed E-state index contributed by atoms with van der Waals surface area (Å²) in [4.78, 5) is 13.9. The topological polar surface area (TPSA) is 32.3 Å². The summed E-state index contributed by atoms with van der Waals surface area (Å²) in [6.07, 6.45) is -4.35. The van der Waals surface area contributed by atoms with Gasteiger partial charge in [-0.05, 0) is 49.4 Å². The Hall–Kier alpha value is -3.13. The minimum Gasteiger partial charge on any atom is -0.368 e. The normalized spacial score (nSPS) is 14.6.